The Bertz CT molecular complexity index is 514. The number of likely N-dealkylation sites (tertiary alicyclic amines) is 1. The smallest absolute Gasteiger partial charge is 0.138 e. The zero-order valence-electron chi connectivity index (χ0n) is 11.1. The van der Waals surface area contributed by atoms with E-state index in [4.69, 9.17) is 5.11 Å². The van der Waals surface area contributed by atoms with Gasteiger partial charge in [-0.15, -0.1) is 0 Å². The van der Waals surface area contributed by atoms with E-state index >= 15 is 0 Å². The fourth-order valence-electron chi connectivity index (χ4n) is 2.21. The summed E-state index contributed by atoms with van der Waals surface area (Å²) in [5.74, 6) is 5.00. The van der Waals surface area contributed by atoms with E-state index in [0.717, 1.165) is 5.56 Å². The van der Waals surface area contributed by atoms with Gasteiger partial charge in [0.25, 0.3) is 0 Å². The molecule has 1 saturated heterocycles. The van der Waals surface area contributed by atoms with Gasteiger partial charge in [0, 0.05) is 26.1 Å². The third-order valence-electron chi connectivity index (χ3n) is 3.23. The van der Waals surface area contributed by atoms with Crippen molar-refractivity contribution < 1.29 is 19.7 Å². The molecule has 0 amide bonds. The maximum absolute atomic E-state index is 13.6. The molecule has 1 aliphatic heterocycles. The van der Waals surface area contributed by atoms with E-state index in [1.165, 1.54) is 6.07 Å². The average molecular weight is 279 g/mol. The van der Waals surface area contributed by atoms with Gasteiger partial charge in [-0.3, -0.25) is 4.90 Å². The van der Waals surface area contributed by atoms with Gasteiger partial charge in [0.15, 0.2) is 0 Å². The molecule has 0 spiro atoms. The lowest BCUT2D eigenvalue weighted by Crippen LogP contribution is -2.22. The molecule has 108 valence electrons. The Morgan fingerprint density at radius 3 is 2.60 bits per heavy atom. The Balaban J connectivity index is 2.06. The van der Waals surface area contributed by atoms with Gasteiger partial charge < -0.3 is 15.3 Å². The third-order valence-corrected chi connectivity index (χ3v) is 3.23. The Morgan fingerprint density at radius 1 is 1.25 bits per heavy atom. The largest absolute Gasteiger partial charge is 0.395 e. The summed E-state index contributed by atoms with van der Waals surface area (Å²) in [6.45, 7) is 1.30. The molecule has 2 rings (SSSR count). The van der Waals surface area contributed by atoms with E-state index in [-0.39, 0.29) is 12.4 Å². The summed E-state index contributed by atoms with van der Waals surface area (Å²) < 4.78 is 13.6. The normalized spacial score (nSPS) is 22.6. The standard InChI is InChI=1S/C15H18FNO3/c16-13-5-4-11(7-12(13)3-1-2-6-18)8-17-9-14(19)15(20)10-17/h4-5,7,14-15,18-20H,2,6,8-10H2. The van der Waals surface area contributed by atoms with Crippen LogP contribution < -0.4 is 0 Å². The number of benzene rings is 1. The van der Waals surface area contributed by atoms with Gasteiger partial charge in [-0.2, -0.15) is 0 Å². The van der Waals surface area contributed by atoms with E-state index in [0.29, 0.717) is 31.6 Å². The van der Waals surface area contributed by atoms with Crippen molar-refractivity contribution in [3.05, 3.63) is 35.1 Å². The topological polar surface area (TPSA) is 63.9 Å². The van der Waals surface area contributed by atoms with Crippen LogP contribution in [0.25, 0.3) is 0 Å². The maximum atomic E-state index is 13.6. The van der Waals surface area contributed by atoms with Crippen LogP contribution in [0.1, 0.15) is 17.5 Å². The number of hydrogen-bond donors (Lipinski definition) is 3. The van der Waals surface area contributed by atoms with Crippen LogP contribution >= 0.6 is 0 Å². The van der Waals surface area contributed by atoms with Gasteiger partial charge in [-0.25, -0.2) is 4.39 Å². The highest BCUT2D eigenvalue weighted by Crippen LogP contribution is 2.16. The molecule has 1 aliphatic rings. The second kappa shape index (κ2) is 6.82. The molecule has 2 unspecified atom stereocenters. The molecule has 0 aromatic heterocycles. The highest BCUT2D eigenvalue weighted by atomic mass is 19.1. The molecule has 0 radical (unpaired) electrons. The average Bonchev–Trinajstić information content (AvgIpc) is 2.72. The fraction of sp³-hybridized carbons (Fsp3) is 0.467. The van der Waals surface area contributed by atoms with Gasteiger partial charge in [0.2, 0.25) is 0 Å². The Morgan fingerprint density at radius 2 is 1.95 bits per heavy atom. The van der Waals surface area contributed by atoms with Crippen molar-refractivity contribution in [1.82, 2.24) is 4.90 Å². The zero-order valence-corrected chi connectivity index (χ0v) is 11.1. The van der Waals surface area contributed by atoms with Crippen LogP contribution in [0.15, 0.2) is 18.2 Å². The van der Waals surface area contributed by atoms with Crippen LogP contribution in [-0.2, 0) is 6.54 Å². The van der Waals surface area contributed by atoms with Crippen LogP contribution in [0.2, 0.25) is 0 Å². The highest BCUT2D eigenvalue weighted by molar-refractivity contribution is 5.38. The van der Waals surface area contributed by atoms with E-state index in [2.05, 4.69) is 11.8 Å². The van der Waals surface area contributed by atoms with Crippen molar-refractivity contribution in [3.8, 4) is 11.8 Å². The number of aliphatic hydroxyl groups excluding tert-OH is 3. The molecular formula is C15H18FNO3. The molecule has 1 fully saturated rings. The van der Waals surface area contributed by atoms with Crippen molar-refractivity contribution in [2.24, 2.45) is 0 Å². The number of β-amino-alcohol motifs (C(OH)–C–C–N with tert-alkyl or cyclic N) is 2. The summed E-state index contributed by atoms with van der Waals surface area (Å²) >= 11 is 0. The molecule has 1 aromatic carbocycles. The lowest BCUT2D eigenvalue weighted by atomic mass is 10.1. The van der Waals surface area contributed by atoms with Gasteiger partial charge in [0.05, 0.1) is 24.4 Å². The van der Waals surface area contributed by atoms with Crippen molar-refractivity contribution in [2.75, 3.05) is 19.7 Å². The predicted octanol–water partition coefficient (Wildman–Crippen LogP) is 0.0970. The zero-order chi connectivity index (χ0) is 14.5. The number of aliphatic hydroxyl groups is 3. The Labute approximate surface area is 117 Å². The van der Waals surface area contributed by atoms with E-state index in [1.54, 1.807) is 12.1 Å². The minimum absolute atomic E-state index is 0.0438. The quantitative estimate of drug-likeness (QED) is 0.687. The second-order valence-electron chi connectivity index (χ2n) is 4.92. The lowest BCUT2D eigenvalue weighted by molar-refractivity contribution is 0.0572. The molecular weight excluding hydrogens is 261 g/mol. The molecule has 1 aromatic rings. The molecule has 5 heteroatoms. The molecule has 0 aliphatic carbocycles. The lowest BCUT2D eigenvalue weighted by Gasteiger charge is -2.14. The van der Waals surface area contributed by atoms with Gasteiger partial charge in [-0.05, 0) is 17.7 Å². The first-order valence-electron chi connectivity index (χ1n) is 6.57. The van der Waals surface area contributed by atoms with Crippen molar-refractivity contribution in [1.29, 1.82) is 0 Å². The third kappa shape index (κ3) is 3.78. The molecule has 4 nitrogen and oxygen atoms in total. The van der Waals surface area contributed by atoms with E-state index in [1.807, 2.05) is 4.90 Å². The first-order valence-corrected chi connectivity index (χ1v) is 6.57. The molecule has 3 N–H and O–H groups in total. The van der Waals surface area contributed by atoms with Gasteiger partial charge in [0.1, 0.15) is 5.82 Å². The summed E-state index contributed by atoms with van der Waals surface area (Å²) in [5.41, 5.74) is 1.18. The summed E-state index contributed by atoms with van der Waals surface area (Å²) in [6.07, 6.45) is -1.13. The number of hydrogen-bond acceptors (Lipinski definition) is 4. The van der Waals surface area contributed by atoms with Crippen LogP contribution in [0.4, 0.5) is 4.39 Å². The molecule has 0 bridgehead atoms. The summed E-state index contributed by atoms with van der Waals surface area (Å²) in [5, 5.41) is 27.6. The second-order valence-corrected chi connectivity index (χ2v) is 4.92. The van der Waals surface area contributed by atoms with Crippen LogP contribution in [0.5, 0.6) is 0 Å². The Hall–Kier alpha value is -1.45. The van der Waals surface area contributed by atoms with Crippen molar-refractivity contribution in [3.63, 3.8) is 0 Å². The van der Waals surface area contributed by atoms with Crippen molar-refractivity contribution >= 4 is 0 Å². The van der Waals surface area contributed by atoms with Gasteiger partial charge >= 0.3 is 0 Å². The van der Waals surface area contributed by atoms with E-state index in [9.17, 15) is 14.6 Å². The number of rotatable bonds is 3. The monoisotopic (exact) mass is 279 g/mol. The summed E-state index contributed by atoms with van der Waals surface area (Å²) in [4.78, 5) is 1.91. The van der Waals surface area contributed by atoms with Crippen LogP contribution in [0.3, 0.4) is 0 Å². The summed E-state index contributed by atoms with van der Waals surface area (Å²) in [7, 11) is 0. The minimum atomic E-state index is -0.723. The van der Waals surface area contributed by atoms with Gasteiger partial charge in [-0.1, -0.05) is 17.9 Å². The molecule has 20 heavy (non-hydrogen) atoms. The number of halogens is 1. The van der Waals surface area contributed by atoms with E-state index < -0.39 is 12.2 Å². The molecule has 1 heterocycles. The minimum Gasteiger partial charge on any atom is -0.395 e. The molecule has 0 saturated carbocycles. The first-order chi connectivity index (χ1) is 9.60. The number of nitrogens with zero attached hydrogens (tertiary/aromatic N) is 1. The fourth-order valence-corrected chi connectivity index (χ4v) is 2.21. The van der Waals surface area contributed by atoms with Crippen LogP contribution in [0, 0.1) is 17.7 Å². The highest BCUT2D eigenvalue weighted by Gasteiger charge is 2.29. The predicted molar refractivity (Wildman–Crippen MR) is 72.3 cm³/mol. The Kier molecular flexibility index (Phi) is 5.10. The molecule has 2 atom stereocenters. The first kappa shape index (κ1) is 14.9. The van der Waals surface area contributed by atoms with Crippen molar-refractivity contribution in [2.45, 2.75) is 25.2 Å². The van der Waals surface area contributed by atoms with Crippen LogP contribution in [-0.4, -0.2) is 52.1 Å². The SMILES string of the molecule is OCCC#Cc1cc(CN2CC(O)C(O)C2)ccc1F. The summed E-state index contributed by atoms with van der Waals surface area (Å²) in [6, 6.07) is 4.70. The maximum Gasteiger partial charge on any atom is 0.138 e.